The number of pyridine rings is 1. The molecule has 0 spiro atoms. The van der Waals surface area contributed by atoms with E-state index in [1.54, 1.807) is 6.07 Å². The van der Waals surface area contributed by atoms with Gasteiger partial charge in [0.1, 0.15) is 0 Å². The number of non-ortho nitro benzene ring substituents is 1. The van der Waals surface area contributed by atoms with E-state index in [0.29, 0.717) is 11.9 Å². The van der Waals surface area contributed by atoms with Gasteiger partial charge < -0.3 is 4.98 Å². The molecule has 0 saturated carbocycles. The third-order valence-corrected chi connectivity index (χ3v) is 2.50. The molecule has 0 unspecified atom stereocenters. The first-order chi connectivity index (χ1) is 7.61. The maximum absolute atomic E-state index is 11.3. The normalized spacial score (nSPS) is 10.6. The van der Waals surface area contributed by atoms with Crippen LogP contribution in [-0.4, -0.2) is 9.91 Å². The van der Waals surface area contributed by atoms with Crippen molar-refractivity contribution in [2.45, 2.75) is 13.3 Å². The molecule has 0 radical (unpaired) electrons. The summed E-state index contributed by atoms with van der Waals surface area (Å²) in [4.78, 5) is 24.1. The zero-order chi connectivity index (χ0) is 11.7. The van der Waals surface area contributed by atoms with Crippen LogP contribution in [0.4, 0.5) is 5.69 Å². The van der Waals surface area contributed by atoms with E-state index >= 15 is 0 Å². The molecular formula is C11H10N2O3. The molecular weight excluding hydrogens is 208 g/mol. The van der Waals surface area contributed by atoms with Crippen LogP contribution >= 0.6 is 0 Å². The summed E-state index contributed by atoms with van der Waals surface area (Å²) >= 11 is 0. The van der Waals surface area contributed by atoms with Crippen molar-refractivity contribution in [2.75, 3.05) is 0 Å². The number of aryl methyl sites for hydroxylation is 1. The number of nitro benzene ring substituents is 1. The van der Waals surface area contributed by atoms with Gasteiger partial charge in [0, 0.05) is 29.1 Å². The van der Waals surface area contributed by atoms with Gasteiger partial charge in [-0.2, -0.15) is 0 Å². The second-order valence-electron chi connectivity index (χ2n) is 3.50. The smallest absolute Gasteiger partial charge is 0.270 e. The first-order valence-electron chi connectivity index (χ1n) is 4.92. The quantitative estimate of drug-likeness (QED) is 0.618. The molecule has 0 atom stereocenters. The number of aromatic nitrogens is 1. The fourth-order valence-corrected chi connectivity index (χ4v) is 1.72. The molecule has 1 heterocycles. The molecule has 0 fully saturated rings. The number of fused-ring (bicyclic) bond motifs is 1. The second-order valence-corrected chi connectivity index (χ2v) is 3.50. The van der Waals surface area contributed by atoms with E-state index in [0.717, 1.165) is 10.9 Å². The Balaban J connectivity index is 2.81. The zero-order valence-corrected chi connectivity index (χ0v) is 8.69. The highest BCUT2D eigenvalue weighted by Gasteiger charge is 2.09. The average molecular weight is 218 g/mol. The summed E-state index contributed by atoms with van der Waals surface area (Å²) < 4.78 is 0. The van der Waals surface area contributed by atoms with Gasteiger partial charge in [-0.05, 0) is 18.1 Å². The summed E-state index contributed by atoms with van der Waals surface area (Å²) in [6, 6.07) is 5.92. The number of nitrogens with zero attached hydrogens (tertiary/aromatic N) is 1. The van der Waals surface area contributed by atoms with Gasteiger partial charge in [0.05, 0.1) is 4.92 Å². The van der Waals surface area contributed by atoms with E-state index in [1.807, 2.05) is 6.92 Å². The van der Waals surface area contributed by atoms with E-state index in [9.17, 15) is 14.9 Å². The Labute approximate surface area is 90.9 Å². The van der Waals surface area contributed by atoms with Crippen LogP contribution in [0.1, 0.15) is 12.5 Å². The van der Waals surface area contributed by atoms with Crippen LogP contribution in [0.5, 0.6) is 0 Å². The molecule has 0 bridgehead atoms. The molecule has 0 aliphatic rings. The molecule has 1 N–H and O–H groups in total. The third kappa shape index (κ3) is 1.67. The minimum atomic E-state index is -0.440. The van der Waals surface area contributed by atoms with Gasteiger partial charge >= 0.3 is 0 Å². The van der Waals surface area contributed by atoms with Gasteiger partial charge in [0.25, 0.3) is 5.69 Å². The number of nitrogens with one attached hydrogen (secondary N) is 1. The summed E-state index contributed by atoms with van der Waals surface area (Å²) in [5.74, 6) is 0. The predicted octanol–water partition coefficient (Wildman–Crippen LogP) is 2.00. The maximum Gasteiger partial charge on any atom is 0.270 e. The van der Waals surface area contributed by atoms with Crippen molar-refractivity contribution in [1.82, 2.24) is 4.98 Å². The standard InChI is InChI=1S/C11H10N2O3/c1-2-7-5-11(14)12-10-4-3-8(13(15)16)6-9(7)10/h3-6H,2H2,1H3,(H,12,14). The van der Waals surface area contributed by atoms with Crippen LogP contribution in [0.3, 0.4) is 0 Å². The van der Waals surface area contributed by atoms with E-state index in [2.05, 4.69) is 4.98 Å². The van der Waals surface area contributed by atoms with Crippen molar-refractivity contribution < 1.29 is 4.92 Å². The van der Waals surface area contributed by atoms with E-state index in [1.165, 1.54) is 18.2 Å². The van der Waals surface area contributed by atoms with Crippen molar-refractivity contribution in [3.63, 3.8) is 0 Å². The summed E-state index contributed by atoms with van der Waals surface area (Å²) in [5, 5.41) is 11.4. The van der Waals surface area contributed by atoms with Crippen LogP contribution in [0.15, 0.2) is 29.1 Å². The largest absolute Gasteiger partial charge is 0.322 e. The summed E-state index contributed by atoms with van der Waals surface area (Å²) in [7, 11) is 0. The van der Waals surface area contributed by atoms with Gasteiger partial charge in [-0.1, -0.05) is 6.92 Å². The highest BCUT2D eigenvalue weighted by Crippen LogP contribution is 2.21. The first-order valence-corrected chi connectivity index (χ1v) is 4.92. The topological polar surface area (TPSA) is 76.0 Å². The lowest BCUT2D eigenvalue weighted by Crippen LogP contribution is -2.06. The molecule has 0 aliphatic heterocycles. The average Bonchev–Trinajstić information content (AvgIpc) is 2.27. The zero-order valence-electron chi connectivity index (χ0n) is 8.69. The Hall–Kier alpha value is -2.17. The van der Waals surface area contributed by atoms with E-state index in [4.69, 9.17) is 0 Å². The second kappa shape index (κ2) is 3.77. The van der Waals surface area contributed by atoms with Crippen LogP contribution in [0.25, 0.3) is 10.9 Å². The van der Waals surface area contributed by atoms with Crippen LogP contribution in [0, 0.1) is 10.1 Å². The van der Waals surface area contributed by atoms with Crippen molar-refractivity contribution in [3.8, 4) is 0 Å². The third-order valence-electron chi connectivity index (χ3n) is 2.50. The highest BCUT2D eigenvalue weighted by molar-refractivity contribution is 5.84. The lowest BCUT2D eigenvalue weighted by Gasteiger charge is -2.03. The van der Waals surface area contributed by atoms with E-state index < -0.39 is 4.92 Å². The Morgan fingerprint density at radius 2 is 2.12 bits per heavy atom. The monoisotopic (exact) mass is 218 g/mol. The maximum atomic E-state index is 11.3. The summed E-state index contributed by atoms with van der Waals surface area (Å²) in [6.07, 6.45) is 0.668. The molecule has 16 heavy (non-hydrogen) atoms. The molecule has 82 valence electrons. The molecule has 5 heteroatoms. The van der Waals surface area contributed by atoms with Crippen LogP contribution in [-0.2, 0) is 6.42 Å². The molecule has 1 aromatic heterocycles. The molecule has 5 nitrogen and oxygen atoms in total. The van der Waals surface area contributed by atoms with E-state index in [-0.39, 0.29) is 11.2 Å². The molecule has 1 aromatic carbocycles. The Morgan fingerprint density at radius 3 is 2.75 bits per heavy atom. The minimum Gasteiger partial charge on any atom is -0.322 e. The molecule has 2 aromatic rings. The Morgan fingerprint density at radius 1 is 1.38 bits per heavy atom. The summed E-state index contributed by atoms with van der Waals surface area (Å²) in [5.41, 5.74) is 1.31. The highest BCUT2D eigenvalue weighted by atomic mass is 16.6. The lowest BCUT2D eigenvalue weighted by atomic mass is 10.1. The number of aromatic amines is 1. The van der Waals surface area contributed by atoms with Crippen molar-refractivity contribution in [2.24, 2.45) is 0 Å². The van der Waals surface area contributed by atoms with Gasteiger partial charge in [-0.15, -0.1) is 0 Å². The van der Waals surface area contributed by atoms with Crippen LogP contribution < -0.4 is 5.56 Å². The van der Waals surface area contributed by atoms with Gasteiger partial charge in [0.2, 0.25) is 5.56 Å². The predicted molar refractivity (Wildman–Crippen MR) is 60.6 cm³/mol. The molecule has 0 amide bonds. The number of hydrogen-bond donors (Lipinski definition) is 1. The SMILES string of the molecule is CCc1cc(=O)[nH]c2ccc([N+](=O)[O-])cc12. The molecule has 0 aliphatic carbocycles. The van der Waals surface area contributed by atoms with Crippen molar-refractivity contribution in [3.05, 3.63) is 50.3 Å². The fourth-order valence-electron chi connectivity index (χ4n) is 1.72. The van der Waals surface area contributed by atoms with Crippen LogP contribution in [0.2, 0.25) is 0 Å². The van der Waals surface area contributed by atoms with Crippen molar-refractivity contribution in [1.29, 1.82) is 0 Å². The summed E-state index contributed by atoms with van der Waals surface area (Å²) in [6.45, 7) is 1.91. The van der Waals surface area contributed by atoms with Gasteiger partial charge in [-0.3, -0.25) is 14.9 Å². The number of nitro groups is 1. The van der Waals surface area contributed by atoms with Crippen molar-refractivity contribution >= 4 is 16.6 Å². The van der Waals surface area contributed by atoms with Gasteiger partial charge in [0.15, 0.2) is 0 Å². The fraction of sp³-hybridized carbons (Fsp3) is 0.182. The molecule has 2 rings (SSSR count). The number of benzene rings is 1. The Bertz CT molecular complexity index is 616. The van der Waals surface area contributed by atoms with Gasteiger partial charge in [-0.25, -0.2) is 0 Å². The minimum absolute atomic E-state index is 0.0363. The first kappa shape index (κ1) is 10.4. The Kier molecular flexibility index (Phi) is 2.44. The number of rotatable bonds is 2. The lowest BCUT2D eigenvalue weighted by molar-refractivity contribution is -0.384. The number of H-pyrrole nitrogens is 1. The number of hydrogen-bond acceptors (Lipinski definition) is 3. The molecule has 0 saturated heterocycles.